The zero-order chi connectivity index (χ0) is 10.6. The van der Waals surface area contributed by atoms with Crippen LogP contribution in [0.15, 0.2) is 6.20 Å². The number of hydrogen-bond donors (Lipinski definition) is 1. The highest BCUT2D eigenvalue weighted by Crippen LogP contribution is 2.19. The quantitative estimate of drug-likeness (QED) is 0.803. The highest BCUT2D eigenvalue weighted by molar-refractivity contribution is 7.99. The summed E-state index contributed by atoms with van der Waals surface area (Å²) in [7, 11) is 1.87. The molecule has 1 aromatic heterocycles. The van der Waals surface area contributed by atoms with Crippen LogP contribution in [-0.4, -0.2) is 26.0 Å². The van der Waals surface area contributed by atoms with E-state index in [4.69, 9.17) is 5.73 Å². The van der Waals surface area contributed by atoms with Gasteiger partial charge in [-0.1, -0.05) is 19.1 Å². The average Bonchev–Trinajstić information content (AvgIpc) is 2.60. The zero-order valence-corrected chi connectivity index (χ0v) is 9.79. The summed E-state index contributed by atoms with van der Waals surface area (Å²) in [6, 6.07) is 0.0361. The van der Waals surface area contributed by atoms with Gasteiger partial charge in [0, 0.05) is 18.1 Å². The lowest BCUT2D eigenvalue weighted by atomic mass is 10.3. The van der Waals surface area contributed by atoms with Crippen LogP contribution in [0.1, 0.15) is 32.0 Å². The van der Waals surface area contributed by atoms with Crippen molar-refractivity contribution in [3.8, 4) is 0 Å². The fourth-order valence-corrected chi connectivity index (χ4v) is 2.05. The van der Waals surface area contributed by atoms with Crippen molar-refractivity contribution in [1.82, 2.24) is 15.0 Å². The third kappa shape index (κ3) is 2.99. The van der Waals surface area contributed by atoms with E-state index in [9.17, 15) is 0 Å². The Morgan fingerprint density at radius 3 is 2.86 bits per heavy atom. The lowest BCUT2D eigenvalue weighted by Crippen LogP contribution is -2.18. The Kier molecular flexibility index (Phi) is 4.41. The molecule has 0 saturated heterocycles. The molecule has 5 heteroatoms. The van der Waals surface area contributed by atoms with E-state index in [0.29, 0.717) is 5.25 Å². The second kappa shape index (κ2) is 5.36. The largest absolute Gasteiger partial charge is 0.322 e. The molecule has 0 radical (unpaired) electrons. The van der Waals surface area contributed by atoms with E-state index in [1.165, 1.54) is 6.42 Å². The minimum atomic E-state index is 0.0361. The van der Waals surface area contributed by atoms with Crippen LogP contribution in [0.4, 0.5) is 0 Å². The van der Waals surface area contributed by atoms with Crippen LogP contribution in [0.5, 0.6) is 0 Å². The van der Waals surface area contributed by atoms with Gasteiger partial charge in [0.15, 0.2) is 0 Å². The predicted molar refractivity (Wildman–Crippen MR) is 60.1 cm³/mol. The number of aromatic nitrogens is 3. The molecule has 1 aromatic rings. The summed E-state index contributed by atoms with van der Waals surface area (Å²) < 4.78 is 1.74. The Balaban J connectivity index is 2.43. The standard InChI is InChI=1S/C9H18N4S/c1-4-7(2)14-6-8(10)9-5-11-12-13(9)3/h5,7-8H,4,6,10H2,1-3H3. The van der Waals surface area contributed by atoms with Crippen LogP contribution in [0.25, 0.3) is 0 Å². The van der Waals surface area contributed by atoms with Gasteiger partial charge in [-0.3, -0.25) is 4.68 Å². The molecule has 0 spiro atoms. The first-order valence-corrected chi connectivity index (χ1v) is 5.91. The minimum absolute atomic E-state index is 0.0361. The first kappa shape index (κ1) is 11.5. The third-order valence-corrected chi connectivity index (χ3v) is 3.72. The molecule has 2 N–H and O–H groups in total. The lowest BCUT2D eigenvalue weighted by Gasteiger charge is -2.13. The van der Waals surface area contributed by atoms with E-state index in [2.05, 4.69) is 24.2 Å². The molecular formula is C9H18N4S. The molecule has 80 valence electrons. The van der Waals surface area contributed by atoms with E-state index in [1.54, 1.807) is 10.9 Å². The van der Waals surface area contributed by atoms with Crippen LogP contribution < -0.4 is 5.73 Å². The van der Waals surface area contributed by atoms with Gasteiger partial charge in [-0.05, 0) is 6.42 Å². The summed E-state index contributed by atoms with van der Waals surface area (Å²) in [6.45, 7) is 4.41. The van der Waals surface area contributed by atoms with Crippen LogP contribution in [-0.2, 0) is 7.05 Å². The number of thioether (sulfide) groups is 1. The summed E-state index contributed by atoms with van der Waals surface area (Å²) in [5.41, 5.74) is 7.02. The van der Waals surface area contributed by atoms with Gasteiger partial charge in [-0.25, -0.2) is 0 Å². The normalized spacial score (nSPS) is 15.4. The van der Waals surface area contributed by atoms with Crippen LogP contribution >= 0.6 is 11.8 Å². The van der Waals surface area contributed by atoms with E-state index < -0.39 is 0 Å². The highest BCUT2D eigenvalue weighted by Gasteiger charge is 2.12. The number of rotatable bonds is 5. The Morgan fingerprint density at radius 2 is 2.36 bits per heavy atom. The molecule has 4 nitrogen and oxygen atoms in total. The summed E-state index contributed by atoms with van der Waals surface area (Å²) in [4.78, 5) is 0. The molecule has 0 saturated carbocycles. The van der Waals surface area contributed by atoms with E-state index in [-0.39, 0.29) is 6.04 Å². The SMILES string of the molecule is CCC(C)SCC(N)c1cnnn1C. The van der Waals surface area contributed by atoms with Crippen molar-refractivity contribution in [3.63, 3.8) is 0 Å². The third-order valence-electron chi connectivity index (χ3n) is 2.26. The molecule has 14 heavy (non-hydrogen) atoms. The Hall–Kier alpha value is -0.550. The molecule has 0 aromatic carbocycles. The molecular weight excluding hydrogens is 196 g/mol. The summed E-state index contributed by atoms with van der Waals surface area (Å²) in [5, 5.41) is 8.34. The number of nitrogens with zero attached hydrogens (tertiary/aromatic N) is 3. The summed E-state index contributed by atoms with van der Waals surface area (Å²) in [5.74, 6) is 0.927. The molecule has 2 unspecified atom stereocenters. The predicted octanol–water partition coefficient (Wildman–Crippen LogP) is 1.35. The minimum Gasteiger partial charge on any atom is -0.322 e. The maximum absolute atomic E-state index is 6.02. The van der Waals surface area contributed by atoms with Gasteiger partial charge < -0.3 is 5.73 Å². The summed E-state index contributed by atoms with van der Waals surface area (Å²) in [6.07, 6.45) is 2.92. The molecule has 0 amide bonds. The fourth-order valence-electron chi connectivity index (χ4n) is 1.10. The molecule has 0 bridgehead atoms. The van der Waals surface area contributed by atoms with Gasteiger partial charge in [-0.2, -0.15) is 11.8 Å². The fraction of sp³-hybridized carbons (Fsp3) is 0.778. The van der Waals surface area contributed by atoms with Crippen molar-refractivity contribution in [3.05, 3.63) is 11.9 Å². The summed E-state index contributed by atoms with van der Waals surface area (Å²) >= 11 is 1.90. The first-order valence-electron chi connectivity index (χ1n) is 4.87. The maximum Gasteiger partial charge on any atom is 0.0759 e. The molecule has 1 rings (SSSR count). The van der Waals surface area contributed by atoms with Gasteiger partial charge in [0.1, 0.15) is 0 Å². The van der Waals surface area contributed by atoms with Crippen LogP contribution in [0, 0.1) is 0 Å². The number of hydrogen-bond acceptors (Lipinski definition) is 4. The molecule has 0 aliphatic heterocycles. The van der Waals surface area contributed by atoms with Crippen molar-refractivity contribution in [2.75, 3.05) is 5.75 Å². The molecule has 1 heterocycles. The number of nitrogens with two attached hydrogens (primary N) is 1. The van der Waals surface area contributed by atoms with E-state index in [0.717, 1.165) is 11.4 Å². The Bertz CT molecular complexity index is 274. The number of aryl methyl sites for hydroxylation is 1. The Labute approximate surface area is 89.2 Å². The second-order valence-electron chi connectivity index (χ2n) is 3.44. The van der Waals surface area contributed by atoms with Crippen molar-refractivity contribution < 1.29 is 0 Å². The van der Waals surface area contributed by atoms with E-state index >= 15 is 0 Å². The van der Waals surface area contributed by atoms with Gasteiger partial charge in [0.2, 0.25) is 0 Å². The maximum atomic E-state index is 6.02. The van der Waals surface area contributed by atoms with Crippen LogP contribution in [0.2, 0.25) is 0 Å². The zero-order valence-electron chi connectivity index (χ0n) is 8.97. The molecule has 0 aliphatic rings. The molecule has 2 atom stereocenters. The molecule has 0 aliphatic carbocycles. The smallest absolute Gasteiger partial charge is 0.0759 e. The average molecular weight is 214 g/mol. The van der Waals surface area contributed by atoms with Gasteiger partial charge in [-0.15, -0.1) is 5.10 Å². The van der Waals surface area contributed by atoms with Gasteiger partial charge >= 0.3 is 0 Å². The first-order chi connectivity index (χ1) is 6.65. The highest BCUT2D eigenvalue weighted by atomic mass is 32.2. The monoisotopic (exact) mass is 214 g/mol. The van der Waals surface area contributed by atoms with Gasteiger partial charge in [0.25, 0.3) is 0 Å². The van der Waals surface area contributed by atoms with Crippen molar-refractivity contribution >= 4 is 11.8 Å². The lowest BCUT2D eigenvalue weighted by molar-refractivity contribution is 0.640. The molecule has 0 fully saturated rings. The van der Waals surface area contributed by atoms with Crippen molar-refractivity contribution in [2.45, 2.75) is 31.6 Å². The van der Waals surface area contributed by atoms with Crippen molar-refractivity contribution in [1.29, 1.82) is 0 Å². The van der Waals surface area contributed by atoms with E-state index in [1.807, 2.05) is 18.8 Å². The van der Waals surface area contributed by atoms with Gasteiger partial charge in [0.05, 0.1) is 17.9 Å². The topological polar surface area (TPSA) is 56.7 Å². The van der Waals surface area contributed by atoms with Crippen molar-refractivity contribution in [2.24, 2.45) is 12.8 Å². The second-order valence-corrected chi connectivity index (χ2v) is 4.91. The Morgan fingerprint density at radius 1 is 1.64 bits per heavy atom. The van der Waals surface area contributed by atoms with Crippen LogP contribution in [0.3, 0.4) is 0 Å².